The maximum atomic E-state index is 13.3. The molecule has 1 aromatic carbocycles. The molecule has 1 aliphatic carbocycles. The highest BCUT2D eigenvalue weighted by atomic mass is 19.3. The molecule has 0 heterocycles. The molecule has 2 rings (SSSR count). The van der Waals surface area contributed by atoms with E-state index in [9.17, 15) is 22.1 Å². The predicted molar refractivity (Wildman–Crippen MR) is 49.7 cm³/mol. The lowest BCUT2D eigenvalue weighted by Crippen LogP contribution is -2.17. The van der Waals surface area contributed by atoms with Crippen LogP contribution in [0.25, 0.3) is 5.57 Å². The third kappa shape index (κ3) is 1.60. The zero-order valence-electron chi connectivity index (χ0n) is 8.18. The van der Waals surface area contributed by atoms with Gasteiger partial charge in [-0.05, 0) is 5.56 Å². The van der Waals surface area contributed by atoms with Crippen LogP contribution < -0.4 is 0 Å². The van der Waals surface area contributed by atoms with E-state index in [2.05, 4.69) is 4.94 Å². The summed E-state index contributed by atoms with van der Waals surface area (Å²) in [5.41, 5.74) is -0.999. The zero-order valence-corrected chi connectivity index (χ0v) is 8.18. The second kappa shape index (κ2) is 3.87. The van der Waals surface area contributed by atoms with Gasteiger partial charge < -0.3 is 0 Å². The molecule has 0 saturated heterocycles. The fraction of sp³-hybridized carbons (Fsp3) is 0.0909. The molecule has 0 unspecified atom stereocenters. The number of alkyl halides is 2. The van der Waals surface area contributed by atoms with Gasteiger partial charge in [0.1, 0.15) is 0 Å². The van der Waals surface area contributed by atoms with Crippen molar-refractivity contribution in [3.63, 3.8) is 0 Å². The summed E-state index contributed by atoms with van der Waals surface area (Å²) < 4.78 is 64.5. The van der Waals surface area contributed by atoms with Gasteiger partial charge in [-0.1, -0.05) is 30.3 Å². The van der Waals surface area contributed by atoms with Crippen molar-refractivity contribution < 1.29 is 27.0 Å². The van der Waals surface area contributed by atoms with E-state index in [1.54, 1.807) is 6.07 Å². The van der Waals surface area contributed by atoms with Crippen LogP contribution in [0.1, 0.15) is 5.56 Å². The standard InChI is InChI=1S/C11H5F5O/c12-8-7(6-4-2-1-3-5-6)10(17-16)11(14,15)9(8)13/h1-5H. The molecule has 0 radical (unpaired) electrons. The van der Waals surface area contributed by atoms with Crippen LogP contribution in [0, 0.1) is 0 Å². The molecule has 0 aliphatic heterocycles. The maximum Gasteiger partial charge on any atom is 0.362 e. The van der Waals surface area contributed by atoms with Crippen LogP contribution in [0.15, 0.2) is 47.7 Å². The lowest BCUT2D eigenvalue weighted by Gasteiger charge is -2.09. The first kappa shape index (κ1) is 11.6. The zero-order chi connectivity index (χ0) is 12.6. The number of rotatable bonds is 2. The highest BCUT2D eigenvalue weighted by Gasteiger charge is 2.54. The van der Waals surface area contributed by atoms with Crippen molar-refractivity contribution in [2.75, 3.05) is 0 Å². The van der Waals surface area contributed by atoms with Gasteiger partial charge in [-0.25, -0.2) is 8.78 Å². The Hall–Kier alpha value is -1.85. The molecule has 1 aromatic rings. The summed E-state index contributed by atoms with van der Waals surface area (Å²) in [5.74, 6) is -10.2. The summed E-state index contributed by atoms with van der Waals surface area (Å²) in [6.07, 6.45) is 0. The van der Waals surface area contributed by atoms with Gasteiger partial charge in [0.25, 0.3) is 0 Å². The third-order valence-electron chi connectivity index (χ3n) is 2.34. The number of hydrogen-bond donors (Lipinski definition) is 0. The molecule has 0 fully saturated rings. The summed E-state index contributed by atoms with van der Waals surface area (Å²) in [4.78, 5) is 2.94. The number of benzene rings is 1. The lowest BCUT2D eigenvalue weighted by atomic mass is 10.1. The Kier molecular flexibility index (Phi) is 2.65. The molecule has 90 valence electrons. The van der Waals surface area contributed by atoms with Crippen molar-refractivity contribution in [3.05, 3.63) is 53.3 Å². The molecule has 1 nitrogen and oxygen atoms in total. The van der Waals surface area contributed by atoms with Crippen molar-refractivity contribution in [2.45, 2.75) is 5.92 Å². The molecule has 0 atom stereocenters. The summed E-state index contributed by atoms with van der Waals surface area (Å²) >= 11 is 0. The smallest absolute Gasteiger partial charge is 0.291 e. The van der Waals surface area contributed by atoms with E-state index in [1.165, 1.54) is 24.3 Å². The maximum absolute atomic E-state index is 13.3. The molecule has 0 N–H and O–H groups in total. The van der Waals surface area contributed by atoms with E-state index in [-0.39, 0.29) is 5.56 Å². The van der Waals surface area contributed by atoms with Gasteiger partial charge in [0, 0.05) is 4.53 Å². The van der Waals surface area contributed by atoms with Gasteiger partial charge in [-0.2, -0.15) is 8.78 Å². The molecule has 0 amide bonds. The number of hydrogen-bond acceptors (Lipinski definition) is 1. The molecule has 0 bridgehead atoms. The monoisotopic (exact) mass is 248 g/mol. The highest BCUT2D eigenvalue weighted by molar-refractivity contribution is 5.84. The minimum atomic E-state index is -4.41. The van der Waals surface area contributed by atoms with Crippen molar-refractivity contribution in [2.24, 2.45) is 0 Å². The Morgan fingerprint density at radius 3 is 2.12 bits per heavy atom. The van der Waals surface area contributed by atoms with E-state index in [1.807, 2.05) is 0 Å². The summed E-state index contributed by atoms with van der Waals surface area (Å²) in [7, 11) is 0. The average molecular weight is 248 g/mol. The largest absolute Gasteiger partial charge is 0.362 e. The van der Waals surface area contributed by atoms with E-state index in [0.717, 1.165) is 0 Å². The SMILES string of the molecule is FOC1=C(c2ccccc2)C(F)=C(F)C1(F)F. The molecule has 0 aromatic heterocycles. The van der Waals surface area contributed by atoms with Crippen LogP contribution in [-0.4, -0.2) is 5.92 Å². The second-order valence-corrected chi connectivity index (χ2v) is 3.35. The molecular formula is C11H5F5O. The van der Waals surface area contributed by atoms with Gasteiger partial charge in [-0.3, -0.25) is 4.94 Å². The van der Waals surface area contributed by atoms with E-state index in [0.29, 0.717) is 0 Å². The van der Waals surface area contributed by atoms with Gasteiger partial charge >= 0.3 is 5.92 Å². The van der Waals surface area contributed by atoms with Gasteiger partial charge in [0.15, 0.2) is 5.83 Å². The molecule has 1 aliphatic rings. The molecule has 0 saturated carbocycles. The summed E-state index contributed by atoms with van der Waals surface area (Å²) in [6.45, 7) is 0. The van der Waals surface area contributed by atoms with Crippen LogP contribution in [-0.2, 0) is 4.94 Å². The first-order valence-electron chi connectivity index (χ1n) is 4.53. The first-order valence-corrected chi connectivity index (χ1v) is 4.53. The molecular weight excluding hydrogens is 243 g/mol. The fourth-order valence-corrected chi connectivity index (χ4v) is 1.55. The van der Waals surface area contributed by atoms with Crippen LogP contribution in [0.4, 0.5) is 22.1 Å². The van der Waals surface area contributed by atoms with Crippen LogP contribution in [0.3, 0.4) is 0 Å². The van der Waals surface area contributed by atoms with Crippen LogP contribution in [0.2, 0.25) is 0 Å². The van der Waals surface area contributed by atoms with Gasteiger partial charge in [0.05, 0.1) is 5.57 Å². The summed E-state index contributed by atoms with van der Waals surface area (Å²) in [5, 5.41) is 0. The minimum absolute atomic E-state index is 0.0926. The van der Waals surface area contributed by atoms with Crippen LogP contribution in [0.5, 0.6) is 0 Å². The summed E-state index contributed by atoms with van der Waals surface area (Å²) in [6, 6.07) is 6.86. The molecule has 17 heavy (non-hydrogen) atoms. The Morgan fingerprint density at radius 2 is 1.59 bits per heavy atom. The molecule has 6 heteroatoms. The number of allylic oxidation sites excluding steroid dienone is 3. The van der Waals surface area contributed by atoms with E-state index < -0.39 is 28.9 Å². The Bertz CT molecular complexity index is 504. The quantitative estimate of drug-likeness (QED) is 0.716. The van der Waals surface area contributed by atoms with Crippen molar-refractivity contribution in [1.29, 1.82) is 0 Å². The highest BCUT2D eigenvalue weighted by Crippen LogP contribution is 2.49. The topological polar surface area (TPSA) is 9.23 Å². The lowest BCUT2D eigenvalue weighted by molar-refractivity contribution is -0.134. The Balaban J connectivity index is 2.66. The van der Waals surface area contributed by atoms with E-state index >= 15 is 0 Å². The second-order valence-electron chi connectivity index (χ2n) is 3.35. The minimum Gasteiger partial charge on any atom is -0.291 e. The Labute approximate surface area is 92.7 Å². The third-order valence-corrected chi connectivity index (χ3v) is 2.34. The first-order chi connectivity index (χ1) is 8.00. The van der Waals surface area contributed by atoms with Crippen molar-refractivity contribution in [3.8, 4) is 0 Å². The van der Waals surface area contributed by atoms with Crippen LogP contribution >= 0.6 is 0 Å². The van der Waals surface area contributed by atoms with Crippen molar-refractivity contribution >= 4 is 5.57 Å². The molecule has 0 spiro atoms. The average Bonchev–Trinajstić information content (AvgIpc) is 2.50. The number of halogens is 5. The van der Waals surface area contributed by atoms with Gasteiger partial charge in [0.2, 0.25) is 11.6 Å². The fourth-order valence-electron chi connectivity index (χ4n) is 1.55. The normalized spacial score (nSPS) is 18.9. The predicted octanol–water partition coefficient (Wildman–Crippen LogP) is 4.10. The van der Waals surface area contributed by atoms with Crippen molar-refractivity contribution in [1.82, 2.24) is 0 Å². The van der Waals surface area contributed by atoms with Gasteiger partial charge in [-0.15, -0.1) is 0 Å². The van der Waals surface area contributed by atoms with E-state index in [4.69, 9.17) is 0 Å². The Morgan fingerprint density at radius 1 is 1.00 bits per heavy atom.